The number of fused-ring (bicyclic) bond motifs is 1. The maximum atomic E-state index is 12.9. The van der Waals surface area contributed by atoms with Gasteiger partial charge in [0.15, 0.2) is 0 Å². The monoisotopic (exact) mass is 448 g/mol. The summed E-state index contributed by atoms with van der Waals surface area (Å²) in [7, 11) is -1.66. The number of carbonyl (C=O) groups is 1. The van der Waals surface area contributed by atoms with Crippen molar-refractivity contribution in [1.29, 1.82) is 0 Å². The fourth-order valence-electron chi connectivity index (χ4n) is 4.58. The number of sulfonamides is 1. The first-order valence-electron chi connectivity index (χ1n) is 11.2. The number of amides is 1. The number of nitrogens with one attached hydrogen (secondary N) is 1. The smallest absolute Gasteiger partial charge is 0.243 e. The van der Waals surface area contributed by atoms with Crippen LogP contribution in [-0.4, -0.2) is 60.5 Å². The molecule has 0 bridgehead atoms. The molecule has 31 heavy (non-hydrogen) atoms. The summed E-state index contributed by atoms with van der Waals surface area (Å²) in [6, 6.07) is 5.33. The molecular weight excluding hydrogens is 416 g/mol. The van der Waals surface area contributed by atoms with E-state index in [9.17, 15) is 13.2 Å². The van der Waals surface area contributed by atoms with Crippen LogP contribution in [0.5, 0.6) is 0 Å². The zero-order chi connectivity index (χ0) is 22.0. The van der Waals surface area contributed by atoms with Gasteiger partial charge in [-0.05, 0) is 37.0 Å². The van der Waals surface area contributed by atoms with E-state index in [1.54, 1.807) is 18.2 Å². The number of aryl methyl sites for hydroxylation is 2. The number of aromatic nitrogens is 2. The van der Waals surface area contributed by atoms with Gasteiger partial charge in [0, 0.05) is 39.0 Å². The summed E-state index contributed by atoms with van der Waals surface area (Å²) in [6.45, 7) is 3.76. The van der Waals surface area contributed by atoms with E-state index in [1.165, 1.54) is 23.6 Å². The van der Waals surface area contributed by atoms with E-state index >= 15 is 0 Å². The summed E-state index contributed by atoms with van der Waals surface area (Å²) in [6.07, 6.45) is 5.54. The number of carbonyl (C=O) groups excluding carboxylic acids is 1. The summed E-state index contributed by atoms with van der Waals surface area (Å²) >= 11 is 0. The molecule has 2 aromatic rings. The molecule has 1 saturated carbocycles. The Kier molecular flexibility index (Phi) is 6.64. The topological polar surface area (TPSA) is 93.5 Å². The number of ether oxygens (including phenoxy) is 1. The quantitative estimate of drug-likeness (QED) is 0.731. The number of nitrogens with zero attached hydrogens (tertiary/aromatic N) is 3. The van der Waals surface area contributed by atoms with Gasteiger partial charge in [0.2, 0.25) is 15.9 Å². The molecule has 0 radical (unpaired) electrons. The lowest BCUT2D eigenvalue weighted by atomic mass is 9.86. The van der Waals surface area contributed by atoms with Crippen LogP contribution in [-0.2, 0) is 33.0 Å². The molecule has 4 rings (SSSR count). The van der Waals surface area contributed by atoms with E-state index in [-0.39, 0.29) is 16.8 Å². The SMILES string of the molecule is CC1CCCCC1NC(=O)CCc1nc2cc(S(=O)(=O)N3CCOCC3)ccc2n1C. The third-order valence-corrected chi connectivity index (χ3v) is 8.48. The Morgan fingerprint density at radius 2 is 1.97 bits per heavy atom. The van der Waals surface area contributed by atoms with E-state index in [4.69, 9.17) is 4.74 Å². The highest BCUT2D eigenvalue weighted by Gasteiger charge is 2.27. The van der Waals surface area contributed by atoms with Gasteiger partial charge >= 0.3 is 0 Å². The van der Waals surface area contributed by atoms with Gasteiger partial charge in [0.05, 0.1) is 29.1 Å². The Labute approximate surface area is 184 Å². The summed E-state index contributed by atoms with van der Waals surface area (Å²) in [5.41, 5.74) is 1.49. The maximum absolute atomic E-state index is 12.9. The van der Waals surface area contributed by atoms with Gasteiger partial charge in [-0.25, -0.2) is 13.4 Å². The predicted molar refractivity (Wildman–Crippen MR) is 118 cm³/mol. The van der Waals surface area contributed by atoms with Crippen LogP contribution in [0.4, 0.5) is 0 Å². The highest BCUT2D eigenvalue weighted by molar-refractivity contribution is 7.89. The van der Waals surface area contributed by atoms with Gasteiger partial charge in [-0.1, -0.05) is 19.8 Å². The van der Waals surface area contributed by atoms with Gasteiger partial charge in [0.1, 0.15) is 5.82 Å². The Bertz CT molecular complexity index is 1040. The van der Waals surface area contributed by atoms with Crippen LogP contribution < -0.4 is 5.32 Å². The Morgan fingerprint density at radius 1 is 1.23 bits per heavy atom. The fourth-order valence-corrected chi connectivity index (χ4v) is 6.01. The van der Waals surface area contributed by atoms with Crippen LogP contribution in [0.3, 0.4) is 0 Å². The highest BCUT2D eigenvalue weighted by atomic mass is 32.2. The minimum Gasteiger partial charge on any atom is -0.379 e. The average Bonchev–Trinajstić information content (AvgIpc) is 3.09. The molecule has 2 heterocycles. The van der Waals surface area contributed by atoms with E-state index < -0.39 is 10.0 Å². The second-order valence-electron chi connectivity index (χ2n) is 8.69. The van der Waals surface area contributed by atoms with Crippen LogP contribution in [0.1, 0.15) is 44.9 Å². The van der Waals surface area contributed by atoms with E-state index in [0.29, 0.717) is 50.6 Å². The molecule has 2 aliphatic rings. The number of imidazole rings is 1. The second kappa shape index (κ2) is 9.26. The lowest BCUT2D eigenvalue weighted by molar-refractivity contribution is -0.122. The van der Waals surface area contributed by atoms with Crippen molar-refractivity contribution in [1.82, 2.24) is 19.2 Å². The van der Waals surface area contributed by atoms with E-state index in [0.717, 1.165) is 17.8 Å². The minimum absolute atomic E-state index is 0.0568. The fraction of sp³-hybridized carbons (Fsp3) is 0.636. The maximum Gasteiger partial charge on any atom is 0.243 e. The van der Waals surface area contributed by atoms with Crippen LogP contribution in [0.2, 0.25) is 0 Å². The molecule has 1 aliphatic heterocycles. The van der Waals surface area contributed by atoms with Gasteiger partial charge in [-0.2, -0.15) is 4.31 Å². The molecule has 1 amide bonds. The number of morpholine rings is 1. The molecule has 0 spiro atoms. The largest absolute Gasteiger partial charge is 0.379 e. The third kappa shape index (κ3) is 4.78. The van der Waals surface area contributed by atoms with Crippen molar-refractivity contribution in [3.8, 4) is 0 Å². The van der Waals surface area contributed by atoms with Crippen molar-refractivity contribution < 1.29 is 17.9 Å². The van der Waals surface area contributed by atoms with Crippen LogP contribution in [0, 0.1) is 5.92 Å². The Hall–Kier alpha value is -1.97. The van der Waals surface area contributed by atoms with Gasteiger partial charge < -0.3 is 14.6 Å². The van der Waals surface area contributed by atoms with Crippen LogP contribution in [0.25, 0.3) is 11.0 Å². The van der Waals surface area contributed by atoms with E-state index in [1.807, 2.05) is 11.6 Å². The molecule has 1 aromatic carbocycles. The van der Waals surface area contributed by atoms with Gasteiger partial charge in [-0.3, -0.25) is 4.79 Å². The Balaban J connectivity index is 1.45. The minimum atomic E-state index is -3.56. The van der Waals surface area contributed by atoms with Crippen molar-refractivity contribution >= 4 is 27.0 Å². The van der Waals surface area contributed by atoms with Crippen molar-refractivity contribution in [3.63, 3.8) is 0 Å². The Morgan fingerprint density at radius 3 is 2.71 bits per heavy atom. The average molecular weight is 449 g/mol. The summed E-state index contributed by atoms with van der Waals surface area (Å²) in [4.78, 5) is 17.4. The lowest BCUT2D eigenvalue weighted by Gasteiger charge is -2.29. The third-order valence-electron chi connectivity index (χ3n) is 6.59. The summed E-state index contributed by atoms with van der Waals surface area (Å²) in [5, 5.41) is 3.19. The molecule has 1 aliphatic carbocycles. The molecule has 1 N–H and O–H groups in total. The first-order valence-corrected chi connectivity index (χ1v) is 12.6. The predicted octanol–water partition coefficient (Wildman–Crippen LogP) is 2.22. The molecule has 1 saturated heterocycles. The molecule has 9 heteroatoms. The number of hydrogen-bond donors (Lipinski definition) is 1. The zero-order valence-corrected chi connectivity index (χ0v) is 19.2. The summed E-state index contributed by atoms with van der Waals surface area (Å²) in [5.74, 6) is 1.37. The van der Waals surface area contributed by atoms with Crippen molar-refractivity contribution in [2.24, 2.45) is 13.0 Å². The number of benzene rings is 1. The molecule has 2 atom stereocenters. The molecule has 2 fully saturated rings. The zero-order valence-electron chi connectivity index (χ0n) is 18.3. The first kappa shape index (κ1) is 22.2. The molecule has 170 valence electrons. The van der Waals surface area contributed by atoms with Crippen molar-refractivity contribution in [3.05, 3.63) is 24.0 Å². The van der Waals surface area contributed by atoms with E-state index in [2.05, 4.69) is 17.2 Å². The number of hydrogen-bond acceptors (Lipinski definition) is 5. The van der Waals surface area contributed by atoms with Gasteiger partial charge in [-0.15, -0.1) is 0 Å². The first-order chi connectivity index (χ1) is 14.9. The highest BCUT2D eigenvalue weighted by Crippen LogP contribution is 2.25. The van der Waals surface area contributed by atoms with Gasteiger partial charge in [0.25, 0.3) is 0 Å². The lowest BCUT2D eigenvalue weighted by Crippen LogP contribution is -2.41. The number of rotatable bonds is 6. The molecule has 8 nitrogen and oxygen atoms in total. The second-order valence-corrected chi connectivity index (χ2v) is 10.6. The normalized spacial score (nSPS) is 23.2. The molecule has 2 unspecified atom stereocenters. The molecular formula is C22H32N4O4S. The van der Waals surface area contributed by atoms with Crippen molar-refractivity contribution in [2.45, 2.75) is 56.4 Å². The summed E-state index contributed by atoms with van der Waals surface area (Å²) < 4.78 is 34.5. The van der Waals surface area contributed by atoms with Crippen LogP contribution in [0.15, 0.2) is 23.1 Å². The van der Waals surface area contributed by atoms with Crippen molar-refractivity contribution in [2.75, 3.05) is 26.3 Å². The molecule has 1 aromatic heterocycles. The van der Waals surface area contributed by atoms with Crippen LogP contribution >= 0.6 is 0 Å². The standard InChI is InChI=1S/C22H32N4O4S/c1-16-5-3-4-6-18(16)24-22(27)10-9-21-23-19-15-17(7-8-20(19)25(21)2)31(28,29)26-11-13-30-14-12-26/h7-8,15-16,18H,3-6,9-14H2,1-2H3,(H,24,27).